The van der Waals surface area contributed by atoms with Gasteiger partial charge in [0, 0.05) is 17.3 Å². The average molecular weight is 488 g/mol. The summed E-state index contributed by atoms with van der Waals surface area (Å²) in [5.74, 6) is -4.54. The second kappa shape index (κ2) is 9.09. The molecule has 0 aliphatic carbocycles. The maximum atomic E-state index is 14.5. The predicted molar refractivity (Wildman–Crippen MR) is 120 cm³/mol. The number of hydrogen-bond donors (Lipinski definition) is 6. The molecule has 0 amide bonds. The van der Waals surface area contributed by atoms with Crippen LogP contribution in [0.15, 0.2) is 59.5 Å². The summed E-state index contributed by atoms with van der Waals surface area (Å²) in [5.41, 5.74) is 2.87. The Bertz CT molecular complexity index is 1300. The largest absolute Gasteiger partial charge is 0.394 e. The zero-order valence-electron chi connectivity index (χ0n) is 18.6. The lowest BCUT2D eigenvalue weighted by Crippen LogP contribution is -2.68. The Kier molecular flexibility index (Phi) is 6.46. The Balaban J connectivity index is 1.89. The summed E-state index contributed by atoms with van der Waals surface area (Å²) < 4.78 is 20.1. The lowest BCUT2D eigenvalue weighted by molar-refractivity contribution is -0.413. The summed E-state index contributed by atoms with van der Waals surface area (Å²) in [5, 5.41) is 54.6. The molecule has 2 heterocycles. The van der Waals surface area contributed by atoms with Crippen LogP contribution in [0.2, 0.25) is 0 Å². The molecule has 0 bridgehead atoms. The fraction of sp³-hybridized carbons (Fsp3) is 0.304. The molecule has 0 spiro atoms. The second-order valence-electron chi connectivity index (χ2n) is 8.32. The van der Waals surface area contributed by atoms with Crippen molar-refractivity contribution in [3.8, 4) is 11.1 Å². The van der Waals surface area contributed by atoms with Crippen molar-refractivity contribution in [3.05, 3.63) is 82.2 Å². The Hall–Kier alpha value is -3.23. The summed E-state index contributed by atoms with van der Waals surface area (Å²) in [6.45, 7) is 0.457. The van der Waals surface area contributed by atoms with Gasteiger partial charge in [-0.05, 0) is 18.6 Å². The van der Waals surface area contributed by atoms with E-state index in [1.807, 2.05) is 0 Å². The molecule has 12 heteroatoms. The third kappa shape index (κ3) is 3.90. The lowest BCUT2D eigenvalue weighted by Gasteiger charge is -2.42. The number of aliphatic hydroxyl groups excluding tert-OH is 2. The highest BCUT2D eigenvalue weighted by Crippen LogP contribution is 2.45. The minimum atomic E-state index is -3.26. The molecule has 0 unspecified atom stereocenters. The van der Waals surface area contributed by atoms with Gasteiger partial charge >= 0.3 is 11.6 Å². The van der Waals surface area contributed by atoms with Crippen molar-refractivity contribution in [2.24, 2.45) is 0 Å². The number of anilines is 1. The van der Waals surface area contributed by atoms with E-state index in [2.05, 4.69) is 4.98 Å². The zero-order chi connectivity index (χ0) is 25.5. The molecule has 0 saturated carbocycles. The SMILES string of the molecule is Cc1cccc(CN(O)[C@@]2(O)[C@H](O)[C@@H](CO)O[C@@]2(O)n2c(N)c(-c3ccccc3F)cnc2=O)c1. The lowest BCUT2D eigenvalue weighted by atomic mass is 9.99. The van der Waals surface area contributed by atoms with E-state index in [1.165, 1.54) is 18.2 Å². The number of ether oxygens (including phenoxy) is 1. The monoisotopic (exact) mass is 488 g/mol. The van der Waals surface area contributed by atoms with Gasteiger partial charge in [-0.3, -0.25) is 0 Å². The fourth-order valence-electron chi connectivity index (χ4n) is 4.24. The highest BCUT2D eigenvalue weighted by Gasteiger charge is 2.70. The van der Waals surface area contributed by atoms with Gasteiger partial charge in [0.05, 0.1) is 13.2 Å². The topological polar surface area (TPSA) is 175 Å². The number of nitrogens with two attached hydrogens (primary N) is 1. The third-order valence-electron chi connectivity index (χ3n) is 6.03. The van der Waals surface area contributed by atoms with Crippen molar-refractivity contribution >= 4 is 5.82 Å². The van der Waals surface area contributed by atoms with E-state index >= 15 is 0 Å². The van der Waals surface area contributed by atoms with Crippen LogP contribution in [0, 0.1) is 12.7 Å². The summed E-state index contributed by atoms with van der Waals surface area (Å²) in [6, 6.07) is 12.2. The molecule has 1 aromatic heterocycles. The number of hydroxylamine groups is 2. The summed E-state index contributed by atoms with van der Waals surface area (Å²) in [7, 11) is 0. The van der Waals surface area contributed by atoms with E-state index in [-0.39, 0.29) is 16.2 Å². The van der Waals surface area contributed by atoms with Crippen LogP contribution in [0.1, 0.15) is 11.1 Å². The number of aryl methyl sites for hydroxylation is 1. The molecule has 186 valence electrons. The zero-order valence-corrected chi connectivity index (χ0v) is 18.6. The van der Waals surface area contributed by atoms with Gasteiger partial charge in [-0.1, -0.05) is 48.0 Å². The van der Waals surface area contributed by atoms with Crippen molar-refractivity contribution in [1.82, 2.24) is 14.6 Å². The Labute approximate surface area is 198 Å². The molecule has 1 fully saturated rings. The van der Waals surface area contributed by atoms with Crippen molar-refractivity contribution in [2.75, 3.05) is 12.3 Å². The van der Waals surface area contributed by atoms with E-state index in [9.17, 15) is 34.8 Å². The first kappa shape index (κ1) is 24.9. The Morgan fingerprint density at radius 3 is 2.57 bits per heavy atom. The number of halogens is 1. The number of nitrogens with zero attached hydrogens (tertiary/aromatic N) is 3. The van der Waals surface area contributed by atoms with Crippen LogP contribution in [0.25, 0.3) is 11.1 Å². The van der Waals surface area contributed by atoms with Crippen LogP contribution in [0.3, 0.4) is 0 Å². The molecule has 4 rings (SSSR count). The summed E-state index contributed by atoms with van der Waals surface area (Å²) in [6.07, 6.45) is -2.80. The van der Waals surface area contributed by atoms with Crippen molar-refractivity contribution < 1.29 is 34.8 Å². The Morgan fingerprint density at radius 2 is 1.91 bits per heavy atom. The summed E-state index contributed by atoms with van der Waals surface area (Å²) >= 11 is 0. The maximum absolute atomic E-state index is 14.5. The molecule has 1 aliphatic rings. The van der Waals surface area contributed by atoms with Gasteiger partial charge in [-0.15, -0.1) is 5.06 Å². The number of aliphatic hydroxyl groups is 4. The van der Waals surface area contributed by atoms with Gasteiger partial charge in [0.15, 0.2) is 0 Å². The fourth-order valence-corrected chi connectivity index (χ4v) is 4.24. The third-order valence-corrected chi connectivity index (χ3v) is 6.03. The first-order chi connectivity index (χ1) is 16.5. The molecular weight excluding hydrogens is 463 g/mol. The standard InChI is InChI=1S/C23H25FN4O7/c1-13-5-4-6-14(9-13)11-27(34)22(32)19(30)18(12-29)35-23(22,33)28-20(25)16(10-26-21(28)31)15-7-2-3-8-17(15)24/h2-10,18-19,29-30,32-34H,11-12,25H2,1H3/t18-,19-,22-,23-/m1/s1. The van der Waals surface area contributed by atoms with Crippen LogP contribution in [-0.4, -0.2) is 64.8 Å². The molecule has 3 aromatic rings. The van der Waals surface area contributed by atoms with Gasteiger partial charge < -0.3 is 36.1 Å². The van der Waals surface area contributed by atoms with E-state index < -0.39 is 54.3 Å². The van der Waals surface area contributed by atoms with Crippen LogP contribution in [-0.2, 0) is 17.2 Å². The number of benzene rings is 2. The first-order valence-corrected chi connectivity index (χ1v) is 10.6. The van der Waals surface area contributed by atoms with Gasteiger partial charge in [-0.2, -0.15) is 0 Å². The predicted octanol–water partition coefficient (Wildman–Crippen LogP) is -0.125. The molecule has 0 radical (unpaired) electrons. The summed E-state index contributed by atoms with van der Waals surface area (Å²) in [4.78, 5) is 16.4. The molecular formula is C23H25FN4O7. The van der Waals surface area contributed by atoms with Crippen LogP contribution in [0.5, 0.6) is 0 Å². The van der Waals surface area contributed by atoms with Crippen molar-refractivity contribution in [1.29, 1.82) is 0 Å². The van der Waals surface area contributed by atoms with E-state index in [4.69, 9.17) is 10.5 Å². The molecule has 7 N–H and O–H groups in total. The maximum Gasteiger partial charge on any atom is 0.353 e. The highest BCUT2D eigenvalue weighted by atomic mass is 19.1. The minimum absolute atomic E-state index is 0.0729. The number of hydrogen-bond acceptors (Lipinski definition) is 10. The second-order valence-corrected chi connectivity index (χ2v) is 8.32. The van der Waals surface area contributed by atoms with E-state index in [0.717, 1.165) is 17.8 Å². The van der Waals surface area contributed by atoms with Crippen molar-refractivity contribution in [2.45, 2.75) is 37.3 Å². The molecule has 2 aromatic carbocycles. The highest BCUT2D eigenvalue weighted by molar-refractivity contribution is 5.73. The van der Waals surface area contributed by atoms with Crippen LogP contribution in [0.4, 0.5) is 10.2 Å². The molecule has 4 atom stereocenters. The number of aromatic nitrogens is 2. The van der Waals surface area contributed by atoms with Gasteiger partial charge in [-0.25, -0.2) is 18.7 Å². The number of nitrogen functional groups attached to an aromatic ring is 1. The minimum Gasteiger partial charge on any atom is -0.394 e. The average Bonchev–Trinajstić information content (AvgIpc) is 3.02. The van der Waals surface area contributed by atoms with E-state index in [0.29, 0.717) is 10.1 Å². The van der Waals surface area contributed by atoms with Gasteiger partial charge in [0.25, 0.3) is 0 Å². The van der Waals surface area contributed by atoms with Crippen LogP contribution >= 0.6 is 0 Å². The van der Waals surface area contributed by atoms with Crippen LogP contribution < -0.4 is 11.4 Å². The van der Waals surface area contributed by atoms with Gasteiger partial charge in [0.2, 0.25) is 5.72 Å². The molecule has 1 saturated heterocycles. The Morgan fingerprint density at radius 1 is 1.20 bits per heavy atom. The first-order valence-electron chi connectivity index (χ1n) is 10.6. The van der Waals surface area contributed by atoms with E-state index in [1.54, 1.807) is 31.2 Å². The number of rotatable bonds is 6. The quantitative estimate of drug-likeness (QED) is 0.203. The molecule has 11 nitrogen and oxygen atoms in total. The smallest absolute Gasteiger partial charge is 0.353 e. The molecule has 35 heavy (non-hydrogen) atoms. The van der Waals surface area contributed by atoms with Gasteiger partial charge in [0.1, 0.15) is 23.8 Å². The van der Waals surface area contributed by atoms with Crippen molar-refractivity contribution in [3.63, 3.8) is 0 Å². The normalized spacial score (nSPS) is 26.4. The molecule has 1 aliphatic heterocycles.